The largest absolute Gasteiger partial charge is 0.377 e. The summed E-state index contributed by atoms with van der Waals surface area (Å²) >= 11 is 0. The van der Waals surface area contributed by atoms with Gasteiger partial charge in [0.05, 0.1) is 6.10 Å². The van der Waals surface area contributed by atoms with Crippen LogP contribution in [0.1, 0.15) is 25.7 Å². The molecule has 0 radical (unpaired) electrons. The zero-order valence-corrected chi connectivity index (χ0v) is 8.85. The van der Waals surface area contributed by atoms with E-state index in [9.17, 15) is 4.21 Å². The number of nitrogens with two attached hydrogens (primary N) is 1. The van der Waals surface area contributed by atoms with Gasteiger partial charge in [-0.15, -0.1) is 0 Å². The average molecular weight is 205 g/mol. The predicted molar refractivity (Wildman–Crippen MR) is 55.1 cm³/mol. The van der Waals surface area contributed by atoms with Crippen LogP contribution in [0.25, 0.3) is 0 Å². The first-order chi connectivity index (χ1) is 6.33. The van der Waals surface area contributed by atoms with Crippen molar-refractivity contribution in [3.8, 4) is 0 Å². The number of hydrogen-bond donors (Lipinski definition) is 1. The summed E-state index contributed by atoms with van der Waals surface area (Å²) in [6, 6.07) is 0. The molecular formula is C9H19NO2S. The molecule has 1 heterocycles. The summed E-state index contributed by atoms with van der Waals surface area (Å²) in [5.41, 5.74) is 5.35. The van der Waals surface area contributed by atoms with Crippen molar-refractivity contribution in [1.29, 1.82) is 0 Å². The molecule has 0 amide bonds. The van der Waals surface area contributed by atoms with E-state index in [2.05, 4.69) is 0 Å². The molecule has 2 atom stereocenters. The Hall–Kier alpha value is 0.0700. The fourth-order valence-electron chi connectivity index (χ4n) is 1.47. The fourth-order valence-corrected chi connectivity index (χ4v) is 2.84. The summed E-state index contributed by atoms with van der Waals surface area (Å²) < 4.78 is 16.9. The smallest absolute Gasteiger partial charge is 0.0691 e. The van der Waals surface area contributed by atoms with Crippen molar-refractivity contribution < 1.29 is 8.95 Å². The van der Waals surface area contributed by atoms with Crippen LogP contribution in [-0.4, -0.2) is 35.0 Å². The van der Waals surface area contributed by atoms with Crippen molar-refractivity contribution in [2.24, 2.45) is 5.73 Å². The first-order valence-corrected chi connectivity index (χ1v) is 6.48. The zero-order valence-electron chi connectivity index (χ0n) is 8.04. The molecule has 2 N–H and O–H groups in total. The van der Waals surface area contributed by atoms with Crippen molar-refractivity contribution in [1.82, 2.24) is 0 Å². The molecule has 0 bridgehead atoms. The van der Waals surface area contributed by atoms with Crippen LogP contribution >= 0.6 is 0 Å². The Kier molecular flexibility index (Phi) is 5.58. The number of unbranched alkanes of at least 4 members (excludes halogenated alkanes) is 1. The normalized spacial score (nSPS) is 24.8. The molecule has 1 aliphatic heterocycles. The molecule has 3 nitrogen and oxygen atoms in total. The first-order valence-electron chi connectivity index (χ1n) is 4.99. The molecule has 1 aliphatic rings. The molecule has 4 heteroatoms. The van der Waals surface area contributed by atoms with Crippen LogP contribution in [-0.2, 0) is 15.5 Å². The average Bonchev–Trinajstić information content (AvgIpc) is 2.57. The van der Waals surface area contributed by atoms with Gasteiger partial charge in [-0.25, -0.2) is 0 Å². The molecule has 0 aromatic rings. The molecule has 13 heavy (non-hydrogen) atoms. The Balaban J connectivity index is 2.02. The van der Waals surface area contributed by atoms with E-state index in [0.717, 1.165) is 43.8 Å². The van der Waals surface area contributed by atoms with Gasteiger partial charge in [0.1, 0.15) is 0 Å². The molecule has 0 spiro atoms. The topological polar surface area (TPSA) is 52.3 Å². The van der Waals surface area contributed by atoms with Crippen LogP contribution in [0.3, 0.4) is 0 Å². The zero-order chi connectivity index (χ0) is 9.52. The van der Waals surface area contributed by atoms with Crippen molar-refractivity contribution in [3.63, 3.8) is 0 Å². The lowest BCUT2D eigenvalue weighted by atomic mass is 10.3. The van der Waals surface area contributed by atoms with E-state index in [1.807, 2.05) is 0 Å². The van der Waals surface area contributed by atoms with E-state index < -0.39 is 10.8 Å². The lowest BCUT2D eigenvalue weighted by Gasteiger charge is -2.08. The molecular weight excluding hydrogens is 186 g/mol. The van der Waals surface area contributed by atoms with Crippen LogP contribution in [0, 0.1) is 0 Å². The summed E-state index contributed by atoms with van der Waals surface area (Å²) in [4.78, 5) is 0. The van der Waals surface area contributed by atoms with Gasteiger partial charge in [0.2, 0.25) is 0 Å². The van der Waals surface area contributed by atoms with E-state index in [0.29, 0.717) is 6.54 Å². The van der Waals surface area contributed by atoms with E-state index in [4.69, 9.17) is 10.5 Å². The van der Waals surface area contributed by atoms with Gasteiger partial charge < -0.3 is 10.5 Å². The quantitative estimate of drug-likeness (QED) is 0.648. The standard InChI is InChI=1S/C9H19NO2S/c10-5-1-2-7-13(11)8-9-4-3-6-12-9/h9H,1-8,10H2. The summed E-state index contributed by atoms with van der Waals surface area (Å²) in [6.07, 6.45) is 4.44. The van der Waals surface area contributed by atoms with Crippen molar-refractivity contribution >= 4 is 10.8 Å². The third-order valence-electron chi connectivity index (χ3n) is 2.22. The molecule has 78 valence electrons. The summed E-state index contributed by atoms with van der Waals surface area (Å²) in [5.74, 6) is 1.52. The highest BCUT2D eigenvalue weighted by Gasteiger charge is 2.17. The first kappa shape index (κ1) is 11.1. The number of hydrogen-bond acceptors (Lipinski definition) is 3. The molecule has 0 saturated carbocycles. The third kappa shape index (κ3) is 4.74. The summed E-state index contributed by atoms with van der Waals surface area (Å²) in [7, 11) is -0.692. The molecule has 0 aromatic carbocycles. The Morgan fingerprint density at radius 3 is 2.92 bits per heavy atom. The van der Waals surface area contributed by atoms with Gasteiger partial charge in [0.15, 0.2) is 0 Å². The fraction of sp³-hybridized carbons (Fsp3) is 1.00. The van der Waals surface area contributed by atoms with E-state index >= 15 is 0 Å². The molecule has 0 aromatic heterocycles. The highest BCUT2D eigenvalue weighted by molar-refractivity contribution is 7.85. The van der Waals surface area contributed by atoms with Gasteiger partial charge in [0.25, 0.3) is 0 Å². The van der Waals surface area contributed by atoms with Crippen molar-refractivity contribution in [2.75, 3.05) is 24.7 Å². The van der Waals surface area contributed by atoms with E-state index in [-0.39, 0.29) is 6.10 Å². The third-order valence-corrected chi connectivity index (χ3v) is 3.71. The van der Waals surface area contributed by atoms with Crippen LogP contribution in [0.2, 0.25) is 0 Å². The molecule has 1 saturated heterocycles. The lowest BCUT2D eigenvalue weighted by Crippen LogP contribution is -2.17. The highest BCUT2D eigenvalue weighted by atomic mass is 32.2. The maximum absolute atomic E-state index is 11.5. The molecule has 0 aliphatic carbocycles. The van der Waals surface area contributed by atoms with Gasteiger partial charge in [-0.05, 0) is 32.2 Å². The van der Waals surface area contributed by atoms with Gasteiger partial charge in [-0.3, -0.25) is 4.21 Å². The monoisotopic (exact) mass is 205 g/mol. The van der Waals surface area contributed by atoms with Gasteiger partial charge in [0, 0.05) is 28.9 Å². The minimum absolute atomic E-state index is 0.263. The van der Waals surface area contributed by atoms with Gasteiger partial charge in [-0.1, -0.05) is 0 Å². The van der Waals surface area contributed by atoms with Crippen LogP contribution in [0.15, 0.2) is 0 Å². The van der Waals surface area contributed by atoms with Gasteiger partial charge >= 0.3 is 0 Å². The maximum Gasteiger partial charge on any atom is 0.0691 e. The minimum Gasteiger partial charge on any atom is -0.377 e. The Labute approximate surface area is 82.5 Å². The predicted octanol–water partition coefficient (Wildman–Crippen LogP) is 0.653. The summed E-state index contributed by atoms with van der Waals surface area (Å²) in [6.45, 7) is 1.56. The Morgan fingerprint density at radius 2 is 2.31 bits per heavy atom. The Bertz CT molecular complexity index is 158. The second-order valence-electron chi connectivity index (χ2n) is 3.44. The van der Waals surface area contributed by atoms with Gasteiger partial charge in [-0.2, -0.15) is 0 Å². The van der Waals surface area contributed by atoms with Crippen molar-refractivity contribution in [3.05, 3.63) is 0 Å². The summed E-state index contributed by atoms with van der Waals surface area (Å²) in [5, 5.41) is 0. The molecule has 1 rings (SSSR count). The van der Waals surface area contributed by atoms with E-state index in [1.54, 1.807) is 0 Å². The second-order valence-corrected chi connectivity index (χ2v) is 5.06. The SMILES string of the molecule is NCCCCS(=O)CC1CCCO1. The Morgan fingerprint density at radius 1 is 1.46 bits per heavy atom. The molecule has 1 fully saturated rings. The number of rotatable bonds is 6. The number of ether oxygens (including phenoxy) is 1. The van der Waals surface area contributed by atoms with Crippen LogP contribution in [0.5, 0.6) is 0 Å². The van der Waals surface area contributed by atoms with Crippen molar-refractivity contribution in [2.45, 2.75) is 31.8 Å². The van der Waals surface area contributed by atoms with Crippen LogP contribution < -0.4 is 5.73 Å². The maximum atomic E-state index is 11.5. The van der Waals surface area contributed by atoms with Crippen LogP contribution in [0.4, 0.5) is 0 Å². The lowest BCUT2D eigenvalue weighted by molar-refractivity contribution is 0.128. The second kappa shape index (κ2) is 6.51. The highest BCUT2D eigenvalue weighted by Crippen LogP contribution is 2.13. The van der Waals surface area contributed by atoms with E-state index in [1.165, 1.54) is 0 Å². The minimum atomic E-state index is -0.692. The molecule has 2 unspecified atom stereocenters.